The number of nitrogens with two attached hydrogens (primary N) is 1. The molecule has 1 saturated heterocycles. The Labute approximate surface area is 119 Å². The van der Waals surface area contributed by atoms with Gasteiger partial charge in [0.1, 0.15) is 5.82 Å². The Morgan fingerprint density at radius 3 is 3.00 bits per heavy atom. The monoisotopic (exact) mass is 278 g/mol. The molecule has 20 heavy (non-hydrogen) atoms. The van der Waals surface area contributed by atoms with E-state index < -0.39 is 5.97 Å². The van der Waals surface area contributed by atoms with Crippen LogP contribution < -0.4 is 10.6 Å². The molecular weight excluding hydrogens is 256 g/mol. The second-order valence-corrected chi connectivity index (χ2v) is 5.14. The van der Waals surface area contributed by atoms with Gasteiger partial charge in [-0.25, -0.2) is 9.78 Å². The van der Waals surface area contributed by atoms with E-state index in [1.54, 1.807) is 6.20 Å². The zero-order valence-electron chi connectivity index (χ0n) is 12.1. The number of ether oxygens (including phenoxy) is 1. The van der Waals surface area contributed by atoms with Gasteiger partial charge in [-0.1, -0.05) is 13.3 Å². The number of nitrogens with zero attached hydrogens (tertiary/aromatic N) is 3. The highest BCUT2D eigenvalue weighted by atomic mass is 16.5. The zero-order chi connectivity index (χ0) is 14.5. The summed E-state index contributed by atoms with van der Waals surface area (Å²) in [5.41, 5.74) is 6.13. The number of hydrogen-bond acceptors (Lipinski definition) is 6. The summed E-state index contributed by atoms with van der Waals surface area (Å²) in [5, 5.41) is 0. The molecule has 1 fully saturated rings. The molecule has 1 aromatic rings. The molecule has 110 valence electrons. The minimum Gasteiger partial charge on any atom is -0.464 e. The van der Waals surface area contributed by atoms with Crippen molar-refractivity contribution in [2.24, 2.45) is 11.7 Å². The molecule has 2 unspecified atom stereocenters. The topological polar surface area (TPSA) is 81.3 Å². The fourth-order valence-corrected chi connectivity index (χ4v) is 2.73. The number of aromatic nitrogens is 2. The van der Waals surface area contributed by atoms with Gasteiger partial charge in [0.2, 0.25) is 0 Å². The molecule has 2 heterocycles. The maximum absolute atomic E-state index is 11.5. The van der Waals surface area contributed by atoms with Crippen LogP contribution in [0.25, 0.3) is 0 Å². The van der Waals surface area contributed by atoms with Crippen LogP contribution in [0, 0.1) is 5.92 Å². The largest absolute Gasteiger partial charge is 0.464 e. The summed E-state index contributed by atoms with van der Waals surface area (Å²) < 4.78 is 4.68. The zero-order valence-corrected chi connectivity index (χ0v) is 12.1. The quantitative estimate of drug-likeness (QED) is 0.834. The fraction of sp³-hybridized carbons (Fsp3) is 0.643. The van der Waals surface area contributed by atoms with Crippen molar-refractivity contribution in [3.63, 3.8) is 0 Å². The number of carbonyl (C=O) groups excluding carboxylic acids is 1. The summed E-state index contributed by atoms with van der Waals surface area (Å²) in [7, 11) is 1.34. The first-order valence-electron chi connectivity index (χ1n) is 7.06. The number of piperidine rings is 1. The lowest BCUT2D eigenvalue weighted by Crippen LogP contribution is -2.47. The third-order valence-electron chi connectivity index (χ3n) is 3.98. The molecule has 0 aromatic carbocycles. The van der Waals surface area contributed by atoms with E-state index in [1.165, 1.54) is 19.7 Å². The van der Waals surface area contributed by atoms with Gasteiger partial charge in [0.15, 0.2) is 5.69 Å². The molecule has 0 spiro atoms. The molecule has 0 aliphatic carbocycles. The Balaban J connectivity index is 2.19. The van der Waals surface area contributed by atoms with Gasteiger partial charge in [0, 0.05) is 19.1 Å². The first kappa shape index (κ1) is 14.7. The molecule has 6 nitrogen and oxygen atoms in total. The van der Waals surface area contributed by atoms with Crippen LogP contribution >= 0.6 is 0 Å². The van der Waals surface area contributed by atoms with Crippen molar-refractivity contribution in [3.05, 3.63) is 18.1 Å². The van der Waals surface area contributed by atoms with Crippen molar-refractivity contribution in [2.45, 2.75) is 32.2 Å². The van der Waals surface area contributed by atoms with Crippen LogP contribution in [0.3, 0.4) is 0 Å². The lowest BCUT2D eigenvalue weighted by molar-refractivity contribution is 0.0593. The van der Waals surface area contributed by atoms with Gasteiger partial charge in [0.25, 0.3) is 0 Å². The molecule has 2 rings (SSSR count). The SMILES string of the molecule is CCC1CCN(c2cncc(C(=O)OC)n2)C(CN)C1. The Hall–Kier alpha value is -1.69. The van der Waals surface area contributed by atoms with Crippen LogP contribution in [0.1, 0.15) is 36.7 Å². The summed E-state index contributed by atoms with van der Waals surface area (Å²) >= 11 is 0. The summed E-state index contributed by atoms with van der Waals surface area (Å²) in [4.78, 5) is 22.1. The van der Waals surface area contributed by atoms with Gasteiger partial charge >= 0.3 is 5.97 Å². The lowest BCUT2D eigenvalue weighted by atomic mass is 9.89. The number of rotatable bonds is 4. The van der Waals surface area contributed by atoms with Crippen LogP contribution in [-0.2, 0) is 4.74 Å². The summed E-state index contributed by atoms with van der Waals surface area (Å²) in [6.07, 6.45) is 6.47. The van der Waals surface area contributed by atoms with Crippen molar-refractivity contribution >= 4 is 11.8 Å². The van der Waals surface area contributed by atoms with E-state index in [-0.39, 0.29) is 11.7 Å². The fourth-order valence-electron chi connectivity index (χ4n) is 2.73. The van der Waals surface area contributed by atoms with Gasteiger partial charge in [-0.05, 0) is 18.8 Å². The highest BCUT2D eigenvalue weighted by Crippen LogP contribution is 2.28. The number of anilines is 1. The molecule has 0 radical (unpaired) electrons. The molecule has 2 atom stereocenters. The molecule has 1 aliphatic heterocycles. The van der Waals surface area contributed by atoms with Gasteiger partial charge in [-0.3, -0.25) is 4.98 Å². The third kappa shape index (κ3) is 3.07. The van der Waals surface area contributed by atoms with E-state index in [0.29, 0.717) is 12.4 Å². The molecular formula is C14H22N4O2. The van der Waals surface area contributed by atoms with E-state index in [0.717, 1.165) is 25.3 Å². The van der Waals surface area contributed by atoms with Crippen LogP contribution in [0.4, 0.5) is 5.82 Å². The van der Waals surface area contributed by atoms with Crippen molar-refractivity contribution in [1.82, 2.24) is 9.97 Å². The lowest BCUT2D eigenvalue weighted by Gasteiger charge is -2.39. The molecule has 1 aromatic heterocycles. The van der Waals surface area contributed by atoms with Crippen LogP contribution in [0.2, 0.25) is 0 Å². The molecule has 0 amide bonds. The normalized spacial score (nSPS) is 22.6. The van der Waals surface area contributed by atoms with E-state index in [9.17, 15) is 4.79 Å². The standard InChI is InChI=1S/C14H22N4O2/c1-3-10-4-5-18(11(6-10)7-15)13-9-16-8-12(17-13)14(19)20-2/h8-11H,3-7,15H2,1-2H3. The maximum Gasteiger partial charge on any atom is 0.358 e. The van der Waals surface area contributed by atoms with Crippen molar-refractivity contribution in [2.75, 3.05) is 25.1 Å². The van der Waals surface area contributed by atoms with Gasteiger partial charge in [-0.15, -0.1) is 0 Å². The predicted molar refractivity (Wildman–Crippen MR) is 76.6 cm³/mol. The van der Waals surface area contributed by atoms with E-state index >= 15 is 0 Å². The molecule has 0 bridgehead atoms. The highest BCUT2D eigenvalue weighted by Gasteiger charge is 2.28. The first-order chi connectivity index (χ1) is 9.69. The Bertz CT molecular complexity index is 466. The third-order valence-corrected chi connectivity index (χ3v) is 3.98. The summed E-state index contributed by atoms with van der Waals surface area (Å²) in [5.74, 6) is 0.960. The first-order valence-corrected chi connectivity index (χ1v) is 7.06. The molecule has 0 saturated carbocycles. The van der Waals surface area contributed by atoms with Crippen molar-refractivity contribution in [3.8, 4) is 0 Å². The predicted octanol–water partition coefficient (Wildman–Crippen LogP) is 1.22. The minimum absolute atomic E-state index is 0.235. The highest BCUT2D eigenvalue weighted by molar-refractivity contribution is 5.87. The smallest absolute Gasteiger partial charge is 0.358 e. The minimum atomic E-state index is -0.466. The number of hydrogen-bond donors (Lipinski definition) is 1. The number of esters is 1. The van der Waals surface area contributed by atoms with Crippen LogP contribution in [0.5, 0.6) is 0 Å². The summed E-state index contributed by atoms with van der Waals surface area (Å²) in [6.45, 7) is 3.70. The van der Waals surface area contributed by atoms with Gasteiger partial charge in [0.05, 0.1) is 19.5 Å². The Morgan fingerprint density at radius 2 is 2.35 bits per heavy atom. The van der Waals surface area contributed by atoms with Crippen LogP contribution in [-0.4, -0.2) is 42.2 Å². The van der Waals surface area contributed by atoms with Gasteiger partial charge in [-0.2, -0.15) is 0 Å². The van der Waals surface area contributed by atoms with Crippen molar-refractivity contribution < 1.29 is 9.53 Å². The molecule has 2 N–H and O–H groups in total. The number of carbonyl (C=O) groups is 1. The van der Waals surface area contributed by atoms with E-state index in [4.69, 9.17) is 5.73 Å². The Kier molecular flexibility index (Phi) is 4.89. The average Bonchev–Trinajstić information content (AvgIpc) is 2.53. The maximum atomic E-state index is 11.5. The summed E-state index contributed by atoms with van der Waals surface area (Å²) in [6, 6.07) is 0.260. The second-order valence-electron chi connectivity index (χ2n) is 5.14. The van der Waals surface area contributed by atoms with E-state index in [1.807, 2.05) is 0 Å². The van der Waals surface area contributed by atoms with Gasteiger partial charge < -0.3 is 15.4 Å². The molecule has 6 heteroatoms. The average molecular weight is 278 g/mol. The molecule has 1 aliphatic rings. The second kappa shape index (κ2) is 6.65. The Morgan fingerprint density at radius 1 is 1.55 bits per heavy atom. The number of methoxy groups -OCH3 is 1. The van der Waals surface area contributed by atoms with E-state index in [2.05, 4.69) is 26.5 Å². The van der Waals surface area contributed by atoms with Crippen molar-refractivity contribution in [1.29, 1.82) is 0 Å². The van der Waals surface area contributed by atoms with Crippen LogP contribution in [0.15, 0.2) is 12.4 Å².